The van der Waals surface area contributed by atoms with E-state index in [1.54, 1.807) is 30.3 Å². The largest absolute Gasteiger partial charge is 0.416 e. The highest BCUT2D eigenvalue weighted by molar-refractivity contribution is 6.30. The lowest BCUT2D eigenvalue weighted by molar-refractivity contribution is -0.143. The molecule has 0 aliphatic carbocycles. The summed E-state index contributed by atoms with van der Waals surface area (Å²) in [5.74, 6) is -1.65. The van der Waals surface area contributed by atoms with Crippen LogP contribution in [0.4, 0.5) is 32.2 Å². The maximum absolute atomic E-state index is 13.2. The van der Waals surface area contributed by atoms with Crippen LogP contribution in [0, 0.1) is 0 Å². The molecule has 0 radical (unpaired) electrons. The van der Waals surface area contributed by atoms with Gasteiger partial charge in [0.25, 0.3) is 5.91 Å². The van der Waals surface area contributed by atoms with Gasteiger partial charge < -0.3 is 10.2 Å². The van der Waals surface area contributed by atoms with Crippen molar-refractivity contribution in [2.75, 3.05) is 18.4 Å². The van der Waals surface area contributed by atoms with E-state index in [0.717, 1.165) is 4.90 Å². The molecule has 39 heavy (non-hydrogen) atoms. The predicted octanol–water partition coefficient (Wildman–Crippen LogP) is 6.96. The van der Waals surface area contributed by atoms with Gasteiger partial charge in [-0.15, -0.1) is 0 Å². The van der Waals surface area contributed by atoms with Gasteiger partial charge in [0.2, 0.25) is 5.91 Å². The Labute approximate surface area is 225 Å². The Balaban J connectivity index is 1.90. The third-order valence-corrected chi connectivity index (χ3v) is 5.91. The number of hydrogen-bond acceptors (Lipinski definition) is 3. The van der Waals surface area contributed by atoms with Crippen LogP contribution < -0.4 is 5.32 Å². The number of anilines is 1. The van der Waals surface area contributed by atoms with Crippen molar-refractivity contribution in [3.63, 3.8) is 0 Å². The van der Waals surface area contributed by atoms with Crippen LogP contribution in [-0.4, -0.2) is 39.6 Å². The molecule has 0 spiro atoms. The fourth-order valence-corrected chi connectivity index (χ4v) is 3.69. The first-order chi connectivity index (χ1) is 17.9. The minimum atomic E-state index is -5.12. The van der Waals surface area contributed by atoms with Gasteiger partial charge in [0.15, 0.2) is 0 Å². The van der Waals surface area contributed by atoms with E-state index >= 15 is 0 Å². The number of benzene rings is 2. The maximum Gasteiger partial charge on any atom is 0.416 e. The molecule has 0 fully saturated rings. The first-order valence-corrected chi connectivity index (χ1v) is 12.0. The monoisotopic (exact) mass is 574 g/mol. The Kier molecular flexibility index (Phi) is 8.40. The van der Waals surface area contributed by atoms with Gasteiger partial charge in [0.05, 0.1) is 22.5 Å². The van der Waals surface area contributed by atoms with Gasteiger partial charge in [-0.05, 0) is 49.4 Å². The Hall–Kier alpha value is -3.54. The third kappa shape index (κ3) is 7.31. The number of amides is 2. The normalized spacial score (nSPS) is 12.4. The van der Waals surface area contributed by atoms with Crippen molar-refractivity contribution < 1.29 is 35.9 Å². The SMILES string of the molecule is CCN(CC(=O)Nc1cc(C(C)(C)C)nn1-c1ccc(Cl)cc1)C(=O)c1cc(C(F)(F)F)cc(C(F)(F)F)c1. The number of aromatic nitrogens is 2. The fraction of sp³-hybridized carbons (Fsp3) is 0.346. The highest BCUT2D eigenvalue weighted by Gasteiger charge is 2.38. The van der Waals surface area contributed by atoms with E-state index in [9.17, 15) is 35.9 Å². The summed E-state index contributed by atoms with van der Waals surface area (Å²) in [4.78, 5) is 26.7. The van der Waals surface area contributed by atoms with Crippen LogP contribution >= 0.6 is 11.6 Å². The summed E-state index contributed by atoms with van der Waals surface area (Å²) in [7, 11) is 0. The van der Waals surface area contributed by atoms with E-state index in [4.69, 9.17) is 11.6 Å². The number of hydrogen-bond donors (Lipinski definition) is 1. The van der Waals surface area contributed by atoms with Crippen LogP contribution in [0.15, 0.2) is 48.5 Å². The predicted molar refractivity (Wildman–Crippen MR) is 134 cm³/mol. The van der Waals surface area contributed by atoms with Crippen LogP contribution in [0.25, 0.3) is 5.69 Å². The molecular weight excluding hydrogens is 550 g/mol. The number of nitrogens with one attached hydrogen (secondary N) is 1. The molecule has 0 saturated carbocycles. The van der Waals surface area contributed by atoms with Crippen LogP contribution in [0.1, 0.15) is 54.9 Å². The van der Waals surface area contributed by atoms with Crippen molar-refractivity contribution in [2.24, 2.45) is 0 Å². The topological polar surface area (TPSA) is 67.2 Å². The zero-order valence-corrected chi connectivity index (χ0v) is 22.1. The lowest BCUT2D eigenvalue weighted by atomic mass is 9.92. The van der Waals surface area contributed by atoms with Gasteiger partial charge in [-0.25, -0.2) is 4.68 Å². The van der Waals surface area contributed by atoms with Crippen molar-refractivity contribution in [3.05, 3.63) is 75.9 Å². The number of nitrogens with zero attached hydrogens (tertiary/aromatic N) is 3. The number of likely N-dealkylation sites (N-methyl/N-ethyl adjacent to an activating group) is 1. The summed E-state index contributed by atoms with van der Waals surface area (Å²) in [6.07, 6.45) is -10.2. The zero-order chi connectivity index (χ0) is 29.3. The second kappa shape index (κ2) is 10.9. The molecule has 0 atom stereocenters. The Morgan fingerprint density at radius 1 is 0.923 bits per heavy atom. The summed E-state index contributed by atoms with van der Waals surface area (Å²) in [6.45, 7) is 6.38. The van der Waals surface area contributed by atoms with Crippen molar-refractivity contribution >= 4 is 29.2 Å². The molecule has 2 aromatic carbocycles. The molecule has 1 aromatic heterocycles. The summed E-state index contributed by atoms with van der Waals surface area (Å²) < 4.78 is 80.9. The number of alkyl halides is 6. The molecule has 6 nitrogen and oxygen atoms in total. The van der Waals surface area contributed by atoms with E-state index < -0.39 is 52.8 Å². The Morgan fingerprint density at radius 3 is 1.92 bits per heavy atom. The first-order valence-electron chi connectivity index (χ1n) is 11.6. The first kappa shape index (κ1) is 30.0. The Bertz CT molecular complexity index is 1330. The van der Waals surface area contributed by atoms with Crippen LogP contribution in [0.3, 0.4) is 0 Å². The highest BCUT2D eigenvalue weighted by Crippen LogP contribution is 2.36. The highest BCUT2D eigenvalue weighted by atomic mass is 35.5. The van der Waals surface area contributed by atoms with Gasteiger partial charge in [0.1, 0.15) is 12.4 Å². The smallest absolute Gasteiger partial charge is 0.330 e. The van der Waals surface area contributed by atoms with Gasteiger partial charge >= 0.3 is 12.4 Å². The summed E-state index contributed by atoms with van der Waals surface area (Å²) in [5.41, 5.74) is -3.29. The minimum absolute atomic E-state index is 0.0650. The molecule has 3 rings (SSSR count). The van der Waals surface area contributed by atoms with E-state index in [0.29, 0.717) is 28.5 Å². The third-order valence-electron chi connectivity index (χ3n) is 5.65. The standard InChI is InChI=1S/C26H25ClF6N4O2/c1-5-36(23(39)15-10-16(25(28,29)30)12-17(11-15)26(31,32)33)14-22(38)34-21-13-20(24(2,3)4)35-37(21)19-8-6-18(27)7-9-19/h6-13H,5,14H2,1-4H3,(H,34,38). The molecule has 0 saturated heterocycles. The molecule has 2 amide bonds. The van der Waals surface area contributed by atoms with Crippen molar-refractivity contribution in [1.29, 1.82) is 0 Å². The Morgan fingerprint density at radius 2 is 1.46 bits per heavy atom. The molecule has 0 aliphatic rings. The van der Waals surface area contributed by atoms with Crippen LogP contribution in [0.5, 0.6) is 0 Å². The quantitative estimate of drug-likeness (QED) is 0.324. The van der Waals surface area contributed by atoms with Gasteiger partial charge in [-0.2, -0.15) is 31.4 Å². The van der Waals surface area contributed by atoms with Gasteiger partial charge in [-0.1, -0.05) is 32.4 Å². The molecular formula is C26H25ClF6N4O2. The lowest BCUT2D eigenvalue weighted by Gasteiger charge is -2.22. The molecule has 0 unspecified atom stereocenters. The molecule has 3 aromatic rings. The number of carbonyl (C=O) groups excluding carboxylic acids is 2. The molecule has 13 heteroatoms. The van der Waals surface area contributed by atoms with Crippen LogP contribution in [-0.2, 0) is 22.6 Å². The summed E-state index contributed by atoms with van der Waals surface area (Å²) >= 11 is 5.96. The molecule has 0 aliphatic heterocycles. The van der Waals surface area contributed by atoms with E-state index in [-0.39, 0.29) is 18.4 Å². The minimum Gasteiger partial charge on any atom is -0.330 e. The van der Waals surface area contributed by atoms with E-state index in [2.05, 4.69) is 10.4 Å². The average Bonchev–Trinajstić information content (AvgIpc) is 3.25. The van der Waals surface area contributed by atoms with Crippen molar-refractivity contribution in [3.8, 4) is 5.69 Å². The zero-order valence-electron chi connectivity index (χ0n) is 21.3. The van der Waals surface area contributed by atoms with Crippen molar-refractivity contribution in [2.45, 2.75) is 45.5 Å². The van der Waals surface area contributed by atoms with Gasteiger partial charge in [-0.3, -0.25) is 9.59 Å². The summed E-state index contributed by atoms with van der Waals surface area (Å²) in [6, 6.07) is 8.84. The molecule has 0 bridgehead atoms. The molecule has 1 N–H and O–H groups in total. The fourth-order valence-electron chi connectivity index (χ4n) is 3.56. The number of halogens is 7. The second-order valence-electron chi connectivity index (χ2n) is 9.72. The van der Waals surface area contributed by atoms with Crippen molar-refractivity contribution in [1.82, 2.24) is 14.7 Å². The lowest BCUT2D eigenvalue weighted by Crippen LogP contribution is -2.38. The van der Waals surface area contributed by atoms with Crippen LogP contribution in [0.2, 0.25) is 5.02 Å². The second-order valence-corrected chi connectivity index (χ2v) is 10.2. The number of rotatable bonds is 6. The average molecular weight is 575 g/mol. The van der Waals surface area contributed by atoms with E-state index in [1.165, 1.54) is 11.6 Å². The molecule has 210 valence electrons. The number of carbonyl (C=O) groups is 2. The maximum atomic E-state index is 13.2. The summed E-state index contributed by atoms with van der Waals surface area (Å²) in [5, 5.41) is 7.66. The van der Waals surface area contributed by atoms with E-state index in [1.807, 2.05) is 20.8 Å². The van der Waals surface area contributed by atoms with Gasteiger partial charge in [0, 0.05) is 28.6 Å². The molecule has 1 heterocycles.